The number of rotatable bonds is 3. The van der Waals surface area contributed by atoms with E-state index in [9.17, 15) is 5.11 Å². The van der Waals surface area contributed by atoms with E-state index >= 15 is 0 Å². The highest BCUT2D eigenvalue weighted by atomic mass is 32.2. The van der Waals surface area contributed by atoms with E-state index in [0.717, 1.165) is 24.2 Å². The van der Waals surface area contributed by atoms with E-state index in [1.165, 1.54) is 5.75 Å². The Morgan fingerprint density at radius 1 is 1.79 bits per heavy atom. The number of hydrogen-bond donors (Lipinski definition) is 1. The maximum Gasteiger partial charge on any atom is 0.0618 e. The molecule has 2 rings (SSSR count). The Bertz CT molecular complexity index is 294. The van der Waals surface area contributed by atoms with Crippen LogP contribution < -0.4 is 0 Å². The second kappa shape index (κ2) is 4.36. The molecule has 1 aliphatic rings. The van der Waals surface area contributed by atoms with E-state index in [-0.39, 0.29) is 6.10 Å². The van der Waals surface area contributed by atoms with Crippen LogP contribution in [0.15, 0.2) is 12.4 Å². The van der Waals surface area contributed by atoms with Crippen LogP contribution in [0.25, 0.3) is 0 Å². The summed E-state index contributed by atoms with van der Waals surface area (Å²) in [6, 6.07) is 0. The van der Waals surface area contributed by atoms with Gasteiger partial charge in [-0.2, -0.15) is 16.9 Å². The number of hydrogen-bond acceptors (Lipinski definition) is 3. The van der Waals surface area contributed by atoms with Crippen molar-refractivity contribution in [3.63, 3.8) is 0 Å². The number of aromatic nitrogens is 2. The van der Waals surface area contributed by atoms with Crippen molar-refractivity contribution < 1.29 is 5.11 Å². The molecule has 0 aromatic carbocycles. The summed E-state index contributed by atoms with van der Waals surface area (Å²) in [6.45, 7) is 0. The van der Waals surface area contributed by atoms with Gasteiger partial charge < -0.3 is 5.11 Å². The van der Waals surface area contributed by atoms with Gasteiger partial charge in [-0.25, -0.2) is 0 Å². The van der Waals surface area contributed by atoms with Crippen LogP contribution >= 0.6 is 11.8 Å². The summed E-state index contributed by atoms with van der Waals surface area (Å²) in [7, 11) is 1.90. The van der Waals surface area contributed by atoms with Crippen molar-refractivity contribution in [1.82, 2.24) is 9.78 Å². The van der Waals surface area contributed by atoms with Crippen LogP contribution in [0.2, 0.25) is 0 Å². The van der Waals surface area contributed by atoms with E-state index in [2.05, 4.69) is 5.10 Å². The van der Waals surface area contributed by atoms with Crippen LogP contribution in [0.4, 0.5) is 0 Å². The molecule has 2 heterocycles. The third-order valence-corrected chi connectivity index (χ3v) is 3.90. The third-order valence-electron chi connectivity index (χ3n) is 2.71. The molecule has 1 aliphatic heterocycles. The van der Waals surface area contributed by atoms with Crippen molar-refractivity contribution in [1.29, 1.82) is 0 Å². The zero-order chi connectivity index (χ0) is 9.97. The molecule has 1 saturated heterocycles. The summed E-state index contributed by atoms with van der Waals surface area (Å²) in [5.41, 5.74) is 1.14. The summed E-state index contributed by atoms with van der Waals surface area (Å²) >= 11 is 1.95. The number of aryl methyl sites for hydroxylation is 1. The van der Waals surface area contributed by atoms with Crippen LogP contribution in [0.1, 0.15) is 12.0 Å². The fraction of sp³-hybridized carbons (Fsp3) is 0.700. The van der Waals surface area contributed by atoms with Crippen LogP contribution in [0.3, 0.4) is 0 Å². The highest BCUT2D eigenvalue weighted by Crippen LogP contribution is 2.27. The lowest BCUT2D eigenvalue weighted by atomic mass is 9.97. The molecular weight excluding hydrogens is 196 g/mol. The number of nitrogens with zero attached hydrogens (tertiary/aromatic N) is 2. The largest absolute Gasteiger partial charge is 0.392 e. The smallest absolute Gasteiger partial charge is 0.0618 e. The van der Waals surface area contributed by atoms with Gasteiger partial charge in [0.15, 0.2) is 0 Å². The first kappa shape index (κ1) is 10.1. The monoisotopic (exact) mass is 212 g/mol. The van der Waals surface area contributed by atoms with Crippen LogP contribution in [0.5, 0.6) is 0 Å². The lowest BCUT2D eigenvalue weighted by molar-refractivity contribution is 0.120. The highest BCUT2D eigenvalue weighted by Gasteiger charge is 2.23. The Balaban J connectivity index is 1.90. The number of aliphatic hydroxyl groups excluding tert-OH is 1. The molecule has 2 unspecified atom stereocenters. The molecule has 4 heteroatoms. The Labute approximate surface area is 88.5 Å². The SMILES string of the molecule is Cn1cc(CC(O)C2CCSC2)cn1. The van der Waals surface area contributed by atoms with Crippen molar-refractivity contribution in [3.05, 3.63) is 18.0 Å². The number of aliphatic hydroxyl groups is 1. The van der Waals surface area contributed by atoms with Crippen LogP contribution in [0, 0.1) is 5.92 Å². The maximum absolute atomic E-state index is 9.96. The van der Waals surface area contributed by atoms with E-state index in [1.807, 2.05) is 31.2 Å². The maximum atomic E-state index is 9.96. The van der Waals surface area contributed by atoms with Gasteiger partial charge in [-0.05, 0) is 29.4 Å². The summed E-state index contributed by atoms with van der Waals surface area (Å²) in [5.74, 6) is 2.80. The molecule has 0 bridgehead atoms. The molecule has 1 N–H and O–H groups in total. The molecule has 0 saturated carbocycles. The second-order valence-corrected chi connectivity index (χ2v) is 5.07. The van der Waals surface area contributed by atoms with Gasteiger partial charge in [-0.15, -0.1) is 0 Å². The summed E-state index contributed by atoms with van der Waals surface area (Å²) in [4.78, 5) is 0. The number of thioether (sulfide) groups is 1. The highest BCUT2D eigenvalue weighted by molar-refractivity contribution is 7.99. The molecule has 1 fully saturated rings. The predicted octanol–water partition coefficient (Wildman–Crippen LogP) is 1.08. The van der Waals surface area contributed by atoms with E-state index in [0.29, 0.717) is 5.92 Å². The van der Waals surface area contributed by atoms with Gasteiger partial charge in [0, 0.05) is 19.7 Å². The van der Waals surface area contributed by atoms with Crippen LogP contribution in [-0.4, -0.2) is 32.5 Å². The van der Waals surface area contributed by atoms with Gasteiger partial charge in [0.2, 0.25) is 0 Å². The molecule has 78 valence electrons. The van der Waals surface area contributed by atoms with Crippen molar-refractivity contribution in [2.45, 2.75) is 18.9 Å². The summed E-state index contributed by atoms with van der Waals surface area (Å²) < 4.78 is 1.78. The molecular formula is C10H16N2OS. The first-order valence-corrected chi connectivity index (χ1v) is 6.14. The van der Waals surface area contributed by atoms with Crippen molar-refractivity contribution in [2.75, 3.05) is 11.5 Å². The van der Waals surface area contributed by atoms with E-state index in [4.69, 9.17) is 0 Å². The van der Waals surface area contributed by atoms with Crippen molar-refractivity contribution >= 4 is 11.8 Å². The fourth-order valence-electron chi connectivity index (χ4n) is 1.84. The third kappa shape index (κ3) is 2.30. The van der Waals surface area contributed by atoms with Gasteiger partial charge in [0.25, 0.3) is 0 Å². The first-order chi connectivity index (χ1) is 6.75. The molecule has 3 nitrogen and oxygen atoms in total. The average Bonchev–Trinajstić information content (AvgIpc) is 2.75. The molecule has 2 atom stereocenters. The zero-order valence-corrected chi connectivity index (χ0v) is 9.20. The van der Waals surface area contributed by atoms with Gasteiger partial charge in [-0.1, -0.05) is 0 Å². The first-order valence-electron chi connectivity index (χ1n) is 4.99. The van der Waals surface area contributed by atoms with Crippen molar-refractivity contribution in [2.24, 2.45) is 13.0 Å². The molecule has 0 aliphatic carbocycles. The quantitative estimate of drug-likeness (QED) is 0.814. The molecule has 0 radical (unpaired) electrons. The normalized spacial score (nSPS) is 24.0. The minimum Gasteiger partial charge on any atom is -0.392 e. The average molecular weight is 212 g/mol. The Morgan fingerprint density at radius 3 is 3.21 bits per heavy atom. The van der Waals surface area contributed by atoms with Gasteiger partial charge >= 0.3 is 0 Å². The van der Waals surface area contributed by atoms with E-state index < -0.39 is 0 Å². The lowest BCUT2D eigenvalue weighted by Crippen LogP contribution is -2.22. The molecule has 1 aromatic heterocycles. The zero-order valence-electron chi connectivity index (χ0n) is 8.39. The Hall–Kier alpha value is -0.480. The molecule has 1 aromatic rings. The predicted molar refractivity (Wildman–Crippen MR) is 58.4 cm³/mol. The molecule has 0 amide bonds. The summed E-state index contributed by atoms with van der Waals surface area (Å²) in [5, 5.41) is 14.1. The van der Waals surface area contributed by atoms with Gasteiger partial charge in [0.05, 0.1) is 12.3 Å². The van der Waals surface area contributed by atoms with Gasteiger partial charge in [0.1, 0.15) is 0 Å². The minimum atomic E-state index is -0.186. The second-order valence-electron chi connectivity index (χ2n) is 3.92. The minimum absolute atomic E-state index is 0.186. The molecule has 14 heavy (non-hydrogen) atoms. The lowest BCUT2D eigenvalue weighted by Gasteiger charge is -2.15. The molecule has 0 spiro atoms. The van der Waals surface area contributed by atoms with Crippen LogP contribution in [-0.2, 0) is 13.5 Å². The van der Waals surface area contributed by atoms with E-state index in [1.54, 1.807) is 4.68 Å². The fourth-order valence-corrected chi connectivity index (χ4v) is 3.17. The topological polar surface area (TPSA) is 38.0 Å². The Morgan fingerprint density at radius 2 is 2.64 bits per heavy atom. The van der Waals surface area contributed by atoms with Crippen molar-refractivity contribution in [3.8, 4) is 0 Å². The summed E-state index contributed by atoms with van der Waals surface area (Å²) in [6.07, 6.45) is 5.54. The standard InChI is InChI=1S/C10H16N2OS/c1-12-6-8(5-11-12)4-10(13)9-2-3-14-7-9/h5-6,9-10,13H,2-4,7H2,1H3. The van der Waals surface area contributed by atoms with Gasteiger partial charge in [-0.3, -0.25) is 4.68 Å². The Kier molecular flexibility index (Phi) is 3.13.